The molecule has 1 aliphatic heterocycles. The van der Waals surface area contributed by atoms with E-state index >= 15 is 0 Å². The highest BCUT2D eigenvalue weighted by Crippen LogP contribution is 2.29. The minimum Gasteiger partial charge on any atom is -0.384 e. The number of amides is 1. The molecule has 3 aromatic carbocycles. The molecule has 200 valence electrons. The van der Waals surface area contributed by atoms with Crippen LogP contribution in [0.15, 0.2) is 82.6 Å². The highest BCUT2D eigenvalue weighted by molar-refractivity contribution is 7.89. The number of primary sulfonamides is 1. The molecule has 0 aromatic heterocycles. The van der Waals surface area contributed by atoms with Gasteiger partial charge in [0.15, 0.2) is 0 Å². The fraction of sp³-hybridized carbons (Fsp3) is 0.200. The van der Waals surface area contributed by atoms with Gasteiger partial charge in [0.2, 0.25) is 26.0 Å². The Labute approximate surface area is 221 Å². The summed E-state index contributed by atoms with van der Waals surface area (Å²) < 4.78 is 53.1. The number of piperidine rings is 1. The number of benzene rings is 3. The molecule has 1 amide bonds. The Balaban J connectivity index is 1.59. The van der Waals surface area contributed by atoms with Gasteiger partial charge in [-0.25, -0.2) is 22.0 Å². The molecule has 1 saturated heterocycles. The summed E-state index contributed by atoms with van der Waals surface area (Å²) in [4.78, 5) is 13.4. The van der Waals surface area contributed by atoms with Crippen LogP contribution in [0, 0.1) is 5.41 Å². The van der Waals surface area contributed by atoms with Crippen molar-refractivity contribution in [3.8, 4) is 11.1 Å². The highest BCUT2D eigenvalue weighted by atomic mass is 32.2. The van der Waals surface area contributed by atoms with Gasteiger partial charge in [-0.3, -0.25) is 10.2 Å². The van der Waals surface area contributed by atoms with Crippen LogP contribution in [0.4, 0.5) is 5.69 Å². The largest absolute Gasteiger partial charge is 0.384 e. The maximum absolute atomic E-state index is 13.5. The molecule has 0 unspecified atom stereocenters. The highest BCUT2D eigenvalue weighted by Gasteiger charge is 2.43. The van der Waals surface area contributed by atoms with E-state index in [0.29, 0.717) is 29.9 Å². The van der Waals surface area contributed by atoms with E-state index in [1.807, 2.05) is 0 Å². The van der Waals surface area contributed by atoms with Gasteiger partial charge in [0.25, 0.3) is 0 Å². The van der Waals surface area contributed by atoms with Gasteiger partial charge in [-0.05, 0) is 61.8 Å². The Morgan fingerprint density at radius 2 is 1.58 bits per heavy atom. The number of hydrogen-bond donors (Lipinski definition) is 6. The number of nitrogen functional groups attached to an aromatic ring is 1. The molecule has 4 rings (SSSR count). The van der Waals surface area contributed by atoms with Crippen LogP contribution in [0.25, 0.3) is 11.1 Å². The van der Waals surface area contributed by atoms with Crippen molar-refractivity contribution in [2.75, 3.05) is 18.4 Å². The summed E-state index contributed by atoms with van der Waals surface area (Å²) in [5.74, 6) is -0.797. The van der Waals surface area contributed by atoms with E-state index in [2.05, 4.69) is 15.4 Å². The summed E-state index contributed by atoms with van der Waals surface area (Å²) in [7, 11) is -8.07. The fourth-order valence-electron chi connectivity index (χ4n) is 4.31. The standard InChI is InChI=1S/C25H28N6O5S2/c26-23(27)18-4-3-5-20(16-18)38(35,36)31-25(12-14-29-15-13-25)24(32)30-19-10-8-17(9-11-19)21-6-1-2-7-22(21)37(28,33)34/h1-11,16,29,31H,12-15H2,(H3,26,27)(H,30,32)(H2,28,33,34). The van der Waals surface area contributed by atoms with Crippen LogP contribution in [0.2, 0.25) is 0 Å². The molecule has 38 heavy (non-hydrogen) atoms. The second-order valence-corrected chi connectivity index (χ2v) is 12.2. The lowest BCUT2D eigenvalue weighted by atomic mass is 9.88. The Hall–Kier alpha value is -3.62. The summed E-state index contributed by atoms with van der Waals surface area (Å²) in [6.45, 7) is 0.847. The molecule has 0 radical (unpaired) electrons. The van der Waals surface area contributed by atoms with E-state index in [1.165, 1.54) is 30.3 Å². The van der Waals surface area contributed by atoms with Gasteiger partial charge in [-0.15, -0.1) is 0 Å². The van der Waals surface area contributed by atoms with Crippen molar-refractivity contribution in [3.63, 3.8) is 0 Å². The topological polar surface area (TPSA) is 197 Å². The van der Waals surface area contributed by atoms with Crippen molar-refractivity contribution in [3.05, 3.63) is 78.4 Å². The number of hydrogen-bond acceptors (Lipinski definition) is 7. The number of carbonyl (C=O) groups excluding carboxylic acids is 1. The van der Waals surface area contributed by atoms with Crippen LogP contribution in [0.3, 0.4) is 0 Å². The molecule has 1 aliphatic rings. The zero-order valence-corrected chi connectivity index (χ0v) is 21.9. The van der Waals surface area contributed by atoms with E-state index < -0.39 is 31.5 Å². The van der Waals surface area contributed by atoms with Gasteiger partial charge < -0.3 is 16.4 Å². The van der Waals surface area contributed by atoms with E-state index in [9.17, 15) is 21.6 Å². The number of anilines is 1. The fourth-order valence-corrected chi connectivity index (χ4v) is 6.54. The van der Waals surface area contributed by atoms with Crippen LogP contribution in [0.5, 0.6) is 0 Å². The lowest BCUT2D eigenvalue weighted by Gasteiger charge is -2.36. The van der Waals surface area contributed by atoms with E-state index in [-0.39, 0.29) is 34.0 Å². The Kier molecular flexibility index (Phi) is 7.67. The predicted octanol–water partition coefficient (Wildman–Crippen LogP) is 1.32. The van der Waals surface area contributed by atoms with Crippen LogP contribution >= 0.6 is 0 Å². The third-order valence-electron chi connectivity index (χ3n) is 6.32. The average molecular weight is 557 g/mol. The van der Waals surface area contributed by atoms with E-state index in [0.717, 1.165) is 0 Å². The zero-order chi connectivity index (χ0) is 27.6. The third kappa shape index (κ3) is 5.92. The van der Waals surface area contributed by atoms with Crippen molar-refractivity contribution in [1.82, 2.24) is 10.0 Å². The quantitative estimate of drug-likeness (QED) is 0.178. The molecule has 0 atom stereocenters. The smallest absolute Gasteiger partial charge is 0.245 e. The minimum atomic E-state index is -4.13. The number of rotatable bonds is 8. The summed E-state index contributed by atoms with van der Waals surface area (Å²) in [6.07, 6.45) is 0.425. The van der Waals surface area contributed by atoms with Gasteiger partial charge in [0.1, 0.15) is 11.4 Å². The third-order valence-corrected chi connectivity index (χ3v) is 8.83. The van der Waals surface area contributed by atoms with E-state index in [1.54, 1.807) is 42.5 Å². The molecule has 13 heteroatoms. The summed E-state index contributed by atoms with van der Waals surface area (Å²) in [6, 6.07) is 18.5. The van der Waals surface area contributed by atoms with Crippen molar-refractivity contribution in [1.29, 1.82) is 5.41 Å². The summed E-state index contributed by atoms with van der Waals surface area (Å²) in [5, 5.41) is 18.8. The molecule has 3 aromatic rings. The molecular weight excluding hydrogens is 528 g/mol. The first kappa shape index (κ1) is 27.4. The molecule has 1 heterocycles. The lowest BCUT2D eigenvalue weighted by molar-refractivity contribution is -0.122. The van der Waals surface area contributed by atoms with Gasteiger partial charge in [0, 0.05) is 16.8 Å². The van der Waals surface area contributed by atoms with Crippen LogP contribution in [-0.4, -0.2) is 47.2 Å². The summed E-state index contributed by atoms with van der Waals surface area (Å²) >= 11 is 0. The van der Waals surface area contributed by atoms with Crippen molar-refractivity contribution in [2.45, 2.75) is 28.2 Å². The second-order valence-electron chi connectivity index (χ2n) is 8.95. The normalized spacial score (nSPS) is 15.5. The van der Waals surface area contributed by atoms with Crippen LogP contribution in [0.1, 0.15) is 18.4 Å². The van der Waals surface area contributed by atoms with Crippen LogP contribution < -0.4 is 26.2 Å². The Morgan fingerprint density at radius 1 is 0.921 bits per heavy atom. The first-order valence-electron chi connectivity index (χ1n) is 11.6. The Bertz CT molecular complexity index is 1580. The molecule has 8 N–H and O–H groups in total. The number of sulfonamides is 2. The molecule has 0 spiro atoms. The second kappa shape index (κ2) is 10.6. The van der Waals surface area contributed by atoms with Gasteiger partial charge in [-0.2, -0.15) is 4.72 Å². The molecule has 1 fully saturated rings. The van der Waals surface area contributed by atoms with E-state index in [4.69, 9.17) is 16.3 Å². The van der Waals surface area contributed by atoms with Gasteiger partial charge in [-0.1, -0.05) is 42.5 Å². The average Bonchev–Trinajstić information content (AvgIpc) is 2.89. The lowest BCUT2D eigenvalue weighted by Crippen LogP contribution is -2.61. The minimum absolute atomic E-state index is 0.0197. The summed E-state index contributed by atoms with van der Waals surface area (Å²) in [5.41, 5.74) is 5.74. The maximum Gasteiger partial charge on any atom is 0.245 e. The number of carbonyl (C=O) groups is 1. The van der Waals surface area contributed by atoms with Gasteiger partial charge >= 0.3 is 0 Å². The maximum atomic E-state index is 13.5. The van der Waals surface area contributed by atoms with Crippen molar-refractivity contribution in [2.24, 2.45) is 10.9 Å². The van der Waals surface area contributed by atoms with Gasteiger partial charge in [0.05, 0.1) is 9.79 Å². The van der Waals surface area contributed by atoms with Crippen molar-refractivity contribution < 1.29 is 21.6 Å². The van der Waals surface area contributed by atoms with Crippen molar-refractivity contribution >= 4 is 37.5 Å². The number of amidine groups is 1. The Morgan fingerprint density at radius 3 is 2.21 bits per heavy atom. The zero-order valence-electron chi connectivity index (χ0n) is 20.3. The monoisotopic (exact) mass is 556 g/mol. The van der Waals surface area contributed by atoms with Crippen LogP contribution in [-0.2, 0) is 24.8 Å². The number of nitrogens with one attached hydrogen (secondary N) is 4. The molecule has 0 saturated carbocycles. The first-order chi connectivity index (χ1) is 17.9. The molecular formula is C25H28N6O5S2. The predicted molar refractivity (Wildman–Crippen MR) is 144 cm³/mol. The number of nitrogens with two attached hydrogens (primary N) is 2. The molecule has 0 aliphatic carbocycles. The SMILES string of the molecule is N=C(N)c1cccc(S(=O)(=O)NC2(C(=O)Nc3ccc(-c4ccccc4S(N)(=O)=O)cc3)CCNCC2)c1. The molecule has 11 nitrogen and oxygen atoms in total. The first-order valence-corrected chi connectivity index (χ1v) is 14.7. The molecule has 0 bridgehead atoms.